The highest BCUT2D eigenvalue weighted by Crippen LogP contribution is 2.38. The Kier molecular flexibility index (Phi) is 3.09. The Bertz CT molecular complexity index is 610. The summed E-state index contributed by atoms with van der Waals surface area (Å²) in [4.78, 5) is 1.94. The number of amidine groups is 1. The van der Waals surface area contributed by atoms with E-state index in [0.717, 1.165) is 5.56 Å². The minimum absolute atomic E-state index is 0.0243. The van der Waals surface area contributed by atoms with Gasteiger partial charge in [0.15, 0.2) is 15.0 Å². The Morgan fingerprint density at radius 1 is 1.32 bits per heavy atom. The minimum Gasteiger partial charge on any atom is -0.342 e. The molecule has 2 heterocycles. The number of hydrogen-bond donors (Lipinski definition) is 1. The van der Waals surface area contributed by atoms with Crippen molar-refractivity contribution in [3.63, 3.8) is 0 Å². The van der Waals surface area contributed by atoms with Crippen molar-refractivity contribution >= 4 is 26.8 Å². The third-order valence-corrected chi connectivity index (χ3v) is 6.84. The van der Waals surface area contributed by atoms with Gasteiger partial charge in [-0.2, -0.15) is 0 Å². The van der Waals surface area contributed by atoms with Crippen LogP contribution in [0.2, 0.25) is 0 Å². The zero-order valence-corrected chi connectivity index (χ0v) is 12.3. The maximum atomic E-state index is 11.7. The van der Waals surface area contributed by atoms with Crippen LogP contribution in [0.4, 0.5) is 0 Å². The Morgan fingerprint density at radius 2 is 2.00 bits per heavy atom. The average Bonchev–Trinajstić information content (AvgIpc) is 2.75. The highest BCUT2D eigenvalue weighted by molar-refractivity contribution is 8.15. The van der Waals surface area contributed by atoms with E-state index in [9.17, 15) is 8.42 Å². The van der Waals surface area contributed by atoms with Gasteiger partial charge in [-0.25, -0.2) is 8.42 Å². The molecule has 0 aromatic heterocycles. The summed E-state index contributed by atoms with van der Waals surface area (Å²) < 4.78 is 23.4. The van der Waals surface area contributed by atoms with Gasteiger partial charge in [0.25, 0.3) is 0 Å². The molecule has 2 fully saturated rings. The largest absolute Gasteiger partial charge is 0.342 e. The first-order valence-corrected chi connectivity index (χ1v) is 8.92. The summed E-state index contributed by atoms with van der Waals surface area (Å²) in [6.45, 7) is 2.67. The summed E-state index contributed by atoms with van der Waals surface area (Å²) in [5.74, 6) is 0.411. The lowest BCUT2D eigenvalue weighted by Gasteiger charge is -2.23. The lowest BCUT2D eigenvalue weighted by atomic mass is 10.1. The van der Waals surface area contributed by atoms with Gasteiger partial charge in [-0.3, -0.25) is 5.41 Å². The third kappa shape index (κ3) is 2.51. The third-order valence-electron chi connectivity index (χ3n) is 3.67. The first-order valence-electron chi connectivity index (χ1n) is 6.22. The smallest absolute Gasteiger partial charge is 0.157 e. The summed E-state index contributed by atoms with van der Waals surface area (Å²) in [6.07, 6.45) is 0. The molecule has 102 valence electrons. The van der Waals surface area contributed by atoms with Crippen molar-refractivity contribution in [3.05, 3.63) is 35.4 Å². The molecule has 4 nitrogen and oxygen atoms in total. The van der Waals surface area contributed by atoms with Gasteiger partial charge < -0.3 is 4.90 Å². The summed E-state index contributed by atoms with van der Waals surface area (Å²) in [5, 5.41) is 8.57. The van der Waals surface area contributed by atoms with Crippen LogP contribution in [0.3, 0.4) is 0 Å². The zero-order chi connectivity index (χ0) is 13.6. The molecular formula is C13H16N2O2S2. The molecule has 0 radical (unpaired) electrons. The maximum absolute atomic E-state index is 11.7. The lowest BCUT2D eigenvalue weighted by Crippen LogP contribution is -2.36. The monoisotopic (exact) mass is 296 g/mol. The Labute approximate surface area is 117 Å². The molecule has 2 aliphatic rings. The van der Waals surface area contributed by atoms with E-state index in [4.69, 9.17) is 5.41 Å². The number of nitrogens with zero attached hydrogens (tertiary/aromatic N) is 1. The van der Waals surface area contributed by atoms with Crippen LogP contribution in [0.1, 0.15) is 11.1 Å². The van der Waals surface area contributed by atoms with Gasteiger partial charge >= 0.3 is 0 Å². The van der Waals surface area contributed by atoms with E-state index in [0.29, 0.717) is 11.7 Å². The fourth-order valence-corrected chi connectivity index (χ4v) is 6.47. The number of thioether (sulfide) groups is 1. The van der Waals surface area contributed by atoms with Crippen molar-refractivity contribution in [1.82, 2.24) is 4.90 Å². The topological polar surface area (TPSA) is 61.2 Å². The van der Waals surface area contributed by atoms with Crippen LogP contribution in [0.25, 0.3) is 0 Å². The molecule has 1 N–H and O–H groups in total. The molecule has 0 bridgehead atoms. The highest BCUT2D eigenvalue weighted by atomic mass is 32.2. The van der Waals surface area contributed by atoms with Crippen LogP contribution < -0.4 is 0 Å². The van der Waals surface area contributed by atoms with E-state index in [2.05, 4.69) is 0 Å². The summed E-state index contributed by atoms with van der Waals surface area (Å²) >= 11 is 1.40. The van der Waals surface area contributed by atoms with Gasteiger partial charge in [0.05, 0.1) is 17.5 Å². The summed E-state index contributed by atoms with van der Waals surface area (Å²) in [6, 6.07) is 8.16. The van der Waals surface area contributed by atoms with Crippen LogP contribution in [0.5, 0.6) is 0 Å². The number of benzene rings is 1. The highest BCUT2D eigenvalue weighted by Gasteiger charge is 2.47. The Morgan fingerprint density at radius 3 is 2.68 bits per heavy atom. The van der Waals surface area contributed by atoms with Crippen LogP contribution >= 0.6 is 11.8 Å². The molecular weight excluding hydrogens is 280 g/mol. The first kappa shape index (κ1) is 13.0. The van der Waals surface area contributed by atoms with Crippen molar-refractivity contribution in [3.8, 4) is 0 Å². The van der Waals surface area contributed by atoms with E-state index >= 15 is 0 Å². The van der Waals surface area contributed by atoms with Gasteiger partial charge in [-0.15, -0.1) is 0 Å². The molecule has 19 heavy (non-hydrogen) atoms. The predicted octanol–water partition coefficient (Wildman–Crippen LogP) is 1.64. The van der Waals surface area contributed by atoms with Gasteiger partial charge in [-0.05, 0) is 12.5 Å². The summed E-state index contributed by atoms with van der Waals surface area (Å²) in [7, 11) is -2.92. The molecule has 1 aromatic carbocycles. The molecule has 2 atom stereocenters. The minimum atomic E-state index is -2.92. The van der Waals surface area contributed by atoms with Crippen molar-refractivity contribution < 1.29 is 8.42 Å². The molecule has 0 spiro atoms. The molecule has 6 heteroatoms. The van der Waals surface area contributed by atoms with Crippen LogP contribution in [0, 0.1) is 12.3 Å². The van der Waals surface area contributed by atoms with Crippen molar-refractivity contribution in [1.29, 1.82) is 5.41 Å². The zero-order valence-electron chi connectivity index (χ0n) is 10.7. The van der Waals surface area contributed by atoms with Gasteiger partial charge in [0.1, 0.15) is 0 Å². The molecule has 2 aliphatic heterocycles. The fourth-order valence-electron chi connectivity index (χ4n) is 2.64. The van der Waals surface area contributed by atoms with Gasteiger partial charge in [-0.1, -0.05) is 41.6 Å². The van der Waals surface area contributed by atoms with Crippen LogP contribution in [-0.4, -0.2) is 41.3 Å². The first-order chi connectivity index (χ1) is 8.94. The number of sulfone groups is 1. The van der Waals surface area contributed by atoms with Crippen LogP contribution in [0.15, 0.2) is 24.3 Å². The lowest BCUT2D eigenvalue weighted by molar-refractivity contribution is 0.349. The molecule has 2 saturated heterocycles. The van der Waals surface area contributed by atoms with E-state index in [-0.39, 0.29) is 22.8 Å². The molecule has 1 aromatic rings. The van der Waals surface area contributed by atoms with Crippen molar-refractivity contribution in [2.45, 2.75) is 24.8 Å². The van der Waals surface area contributed by atoms with Crippen molar-refractivity contribution in [2.75, 3.05) is 11.5 Å². The fraction of sp³-hybridized carbons (Fsp3) is 0.462. The average molecular weight is 296 g/mol. The Hall–Kier alpha value is -1.01. The molecule has 0 saturated carbocycles. The van der Waals surface area contributed by atoms with Crippen LogP contribution in [-0.2, 0) is 16.4 Å². The Balaban J connectivity index is 1.80. The van der Waals surface area contributed by atoms with E-state index in [1.807, 2.05) is 36.1 Å². The molecule has 0 aliphatic carbocycles. The second kappa shape index (κ2) is 4.52. The predicted molar refractivity (Wildman–Crippen MR) is 78.3 cm³/mol. The van der Waals surface area contributed by atoms with E-state index in [1.54, 1.807) is 0 Å². The molecule has 0 unspecified atom stereocenters. The van der Waals surface area contributed by atoms with Gasteiger partial charge in [0.2, 0.25) is 0 Å². The number of fused-ring (bicyclic) bond motifs is 1. The number of aryl methyl sites for hydroxylation is 1. The number of rotatable bonds is 2. The maximum Gasteiger partial charge on any atom is 0.157 e. The standard InChI is InChI=1S/C13H16N2O2S2/c1-9-2-4-10(5-3-9)6-15-11-7-19(16,17)8-12(11)18-13(15)14/h2-5,11-12,14H,6-8H2,1H3/t11-,12-/m0/s1. The second-order valence-electron chi connectivity index (χ2n) is 5.22. The normalized spacial score (nSPS) is 28.7. The van der Waals surface area contributed by atoms with E-state index in [1.165, 1.54) is 17.3 Å². The number of nitrogens with one attached hydrogen (secondary N) is 1. The van der Waals surface area contributed by atoms with Gasteiger partial charge in [0, 0.05) is 11.8 Å². The molecule has 3 rings (SSSR count). The number of hydrogen-bond acceptors (Lipinski definition) is 4. The summed E-state index contributed by atoms with van der Waals surface area (Å²) in [5.41, 5.74) is 2.33. The SMILES string of the molecule is Cc1ccc(CN2C(=N)S[C@H]3CS(=O)(=O)C[C@@H]32)cc1. The quantitative estimate of drug-likeness (QED) is 0.901. The molecule has 0 amide bonds. The van der Waals surface area contributed by atoms with E-state index < -0.39 is 9.84 Å². The second-order valence-corrected chi connectivity index (χ2v) is 8.60. The van der Waals surface area contributed by atoms with Crippen molar-refractivity contribution in [2.24, 2.45) is 0 Å².